The summed E-state index contributed by atoms with van der Waals surface area (Å²) in [7, 11) is 0. The van der Waals surface area contributed by atoms with E-state index in [1.807, 2.05) is 0 Å². The van der Waals surface area contributed by atoms with Crippen LogP contribution in [0, 0.1) is 41.6 Å². The molecule has 20 heavy (non-hydrogen) atoms. The Morgan fingerprint density at radius 2 is 2.00 bits per heavy atom. The summed E-state index contributed by atoms with van der Waals surface area (Å²) >= 11 is 0. The molecular weight excluding hydrogens is 261 g/mol. The first-order chi connectivity index (χ1) is 9.49. The van der Waals surface area contributed by atoms with Gasteiger partial charge in [-0.15, -0.1) is 0 Å². The maximum absolute atomic E-state index is 12.7. The number of aryl methyl sites for hydroxylation is 1. The second kappa shape index (κ2) is 5.53. The zero-order valence-electron chi connectivity index (χ0n) is 11.1. The van der Waals surface area contributed by atoms with Crippen molar-refractivity contribution in [1.29, 1.82) is 0 Å². The van der Waals surface area contributed by atoms with Crippen LogP contribution in [0.5, 0.6) is 0 Å². The number of nitro groups is 1. The molecule has 6 heteroatoms. The average Bonchev–Trinajstić information content (AvgIpc) is 2.67. The number of hydrogen-bond acceptors (Lipinski definition) is 3. The van der Waals surface area contributed by atoms with Gasteiger partial charge in [0.2, 0.25) is 0 Å². The lowest BCUT2D eigenvalue weighted by Gasteiger charge is -1.96. The molecule has 2 aromatic rings. The molecule has 0 unspecified atom stereocenters. The average molecular weight is 273 g/mol. The normalized spacial score (nSPS) is 9.95. The quantitative estimate of drug-likeness (QED) is 0.480. The van der Waals surface area contributed by atoms with Crippen LogP contribution < -0.4 is 0 Å². The molecule has 0 atom stereocenters. The summed E-state index contributed by atoms with van der Waals surface area (Å²) in [5.74, 6) is 5.41. The van der Waals surface area contributed by atoms with Gasteiger partial charge in [-0.1, -0.05) is 11.8 Å². The van der Waals surface area contributed by atoms with Crippen LogP contribution in [0.3, 0.4) is 0 Å². The summed E-state index contributed by atoms with van der Waals surface area (Å²) in [5.41, 5.74) is 1.55. The number of hydrogen-bond donors (Lipinski definition) is 0. The van der Waals surface area contributed by atoms with E-state index in [9.17, 15) is 14.5 Å². The Morgan fingerprint density at radius 3 is 2.55 bits per heavy atom. The van der Waals surface area contributed by atoms with Crippen molar-refractivity contribution in [3.63, 3.8) is 0 Å². The molecule has 0 aliphatic carbocycles. The minimum Gasteiger partial charge on any atom is -0.258 e. The van der Waals surface area contributed by atoms with Crippen LogP contribution in [0.25, 0.3) is 0 Å². The zero-order valence-corrected chi connectivity index (χ0v) is 11.1. The topological polar surface area (TPSA) is 61.0 Å². The lowest BCUT2D eigenvalue weighted by Crippen LogP contribution is -2.01. The van der Waals surface area contributed by atoms with Crippen molar-refractivity contribution >= 4 is 5.69 Å². The first-order valence-corrected chi connectivity index (χ1v) is 5.92. The summed E-state index contributed by atoms with van der Waals surface area (Å²) in [4.78, 5) is 10.4. The number of nitrogens with zero attached hydrogens (tertiary/aromatic N) is 3. The molecular formula is C14H12FN3O2. The fraction of sp³-hybridized carbons (Fsp3) is 0.214. The fourth-order valence-corrected chi connectivity index (χ4v) is 1.86. The van der Waals surface area contributed by atoms with Crippen LogP contribution >= 0.6 is 0 Å². The summed E-state index contributed by atoms with van der Waals surface area (Å²) in [6, 6.07) is 5.81. The number of aromatic nitrogens is 2. The molecule has 0 saturated carbocycles. The Hall–Kier alpha value is -2.68. The number of rotatable bonds is 2. The number of halogens is 1. The Morgan fingerprint density at radius 1 is 1.35 bits per heavy atom. The molecule has 0 saturated heterocycles. The molecule has 0 amide bonds. The van der Waals surface area contributed by atoms with E-state index in [0.29, 0.717) is 17.0 Å². The third-order valence-electron chi connectivity index (χ3n) is 2.83. The van der Waals surface area contributed by atoms with Crippen molar-refractivity contribution in [3.8, 4) is 11.8 Å². The van der Waals surface area contributed by atoms with Gasteiger partial charge in [-0.3, -0.25) is 14.8 Å². The van der Waals surface area contributed by atoms with Crippen molar-refractivity contribution in [2.45, 2.75) is 20.4 Å². The van der Waals surface area contributed by atoms with Crippen LogP contribution in [0.15, 0.2) is 24.3 Å². The van der Waals surface area contributed by atoms with Crippen LogP contribution in [-0.2, 0) is 6.54 Å². The maximum atomic E-state index is 12.7. The van der Waals surface area contributed by atoms with Gasteiger partial charge >= 0.3 is 5.69 Å². The molecule has 0 N–H and O–H groups in total. The van der Waals surface area contributed by atoms with Crippen molar-refractivity contribution in [2.24, 2.45) is 0 Å². The molecule has 0 bridgehead atoms. The van der Waals surface area contributed by atoms with Crippen LogP contribution in [-0.4, -0.2) is 14.7 Å². The van der Waals surface area contributed by atoms with Gasteiger partial charge in [0.05, 0.1) is 4.92 Å². The molecule has 1 heterocycles. The van der Waals surface area contributed by atoms with Gasteiger partial charge in [-0.25, -0.2) is 4.39 Å². The van der Waals surface area contributed by atoms with E-state index in [4.69, 9.17) is 0 Å². The molecule has 1 aromatic carbocycles. The maximum Gasteiger partial charge on any atom is 0.312 e. The van der Waals surface area contributed by atoms with Gasteiger partial charge in [0.1, 0.15) is 23.7 Å². The van der Waals surface area contributed by atoms with E-state index in [0.717, 1.165) is 0 Å². The van der Waals surface area contributed by atoms with Gasteiger partial charge in [0.15, 0.2) is 0 Å². The molecule has 0 spiro atoms. The van der Waals surface area contributed by atoms with Crippen LogP contribution in [0.2, 0.25) is 0 Å². The minimum atomic E-state index is -0.443. The monoisotopic (exact) mass is 273 g/mol. The van der Waals surface area contributed by atoms with E-state index < -0.39 is 4.92 Å². The Labute approximate surface area is 115 Å². The molecule has 5 nitrogen and oxygen atoms in total. The SMILES string of the molecule is Cc1nn(CC#Cc2ccc(F)cc2)c(C)c1[N+](=O)[O-]. The van der Waals surface area contributed by atoms with Crippen molar-refractivity contribution in [3.05, 3.63) is 57.1 Å². The minimum absolute atomic E-state index is 0.0218. The Bertz CT molecular complexity index is 709. The van der Waals surface area contributed by atoms with E-state index in [-0.39, 0.29) is 18.0 Å². The fourth-order valence-electron chi connectivity index (χ4n) is 1.86. The third-order valence-corrected chi connectivity index (χ3v) is 2.83. The second-order valence-electron chi connectivity index (χ2n) is 4.24. The summed E-state index contributed by atoms with van der Waals surface area (Å²) in [5, 5.41) is 15.0. The van der Waals surface area contributed by atoms with Crippen LogP contribution in [0.4, 0.5) is 10.1 Å². The molecule has 2 rings (SSSR count). The van der Waals surface area contributed by atoms with Crippen molar-refractivity contribution in [2.75, 3.05) is 0 Å². The van der Waals surface area contributed by atoms with E-state index in [1.54, 1.807) is 26.0 Å². The highest BCUT2D eigenvalue weighted by Gasteiger charge is 2.20. The molecule has 0 radical (unpaired) electrons. The first kappa shape index (κ1) is 13.7. The summed E-state index contributed by atoms with van der Waals surface area (Å²) < 4.78 is 14.2. The van der Waals surface area contributed by atoms with E-state index in [1.165, 1.54) is 16.8 Å². The number of benzene rings is 1. The van der Waals surface area contributed by atoms with Gasteiger partial charge in [0.25, 0.3) is 0 Å². The third kappa shape index (κ3) is 2.83. The molecule has 102 valence electrons. The molecule has 0 aliphatic heterocycles. The van der Waals surface area contributed by atoms with Gasteiger partial charge in [-0.05, 0) is 38.1 Å². The Kier molecular flexibility index (Phi) is 3.80. The van der Waals surface area contributed by atoms with E-state index >= 15 is 0 Å². The van der Waals surface area contributed by atoms with Gasteiger partial charge < -0.3 is 0 Å². The Balaban J connectivity index is 2.18. The summed E-state index contributed by atoms with van der Waals surface area (Å²) in [6.45, 7) is 3.48. The van der Waals surface area contributed by atoms with E-state index in [2.05, 4.69) is 16.9 Å². The lowest BCUT2D eigenvalue weighted by molar-refractivity contribution is -0.386. The highest BCUT2D eigenvalue weighted by molar-refractivity contribution is 5.40. The van der Waals surface area contributed by atoms with Gasteiger partial charge in [-0.2, -0.15) is 5.10 Å². The predicted molar refractivity (Wildman–Crippen MR) is 71.6 cm³/mol. The van der Waals surface area contributed by atoms with Crippen molar-refractivity contribution < 1.29 is 9.31 Å². The molecule has 1 aromatic heterocycles. The first-order valence-electron chi connectivity index (χ1n) is 5.92. The highest BCUT2D eigenvalue weighted by atomic mass is 19.1. The standard InChI is InChI=1S/C14H12FN3O2/c1-10-14(18(19)20)11(2)17(16-10)9-3-4-12-5-7-13(15)8-6-12/h5-8H,9H2,1-2H3. The van der Waals surface area contributed by atoms with Crippen molar-refractivity contribution in [1.82, 2.24) is 9.78 Å². The molecule has 0 fully saturated rings. The van der Waals surface area contributed by atoms with Gasteiger partial charge in [0, 0.05) is 5.56 Å². The largest absolute Gasteiger partial charge is 0.312 e. The van der Waals surface area contributed by atoms with Crippen LogP contribution in [0.1, 0.15) is 17.0 Å². The highest BCUT2D eigenvalue weighted by Crippen LogP contribution is 2.21. The smallest absolute Gasteiger partial charge is 0.258 e. The lowest BCUT2D eigenvalue weighted by atomic mass is 10.2. The zero-order chi connectivity index (χ0) is 14.7. The molecule has 0 aliphatic rings. The second-order valence-corrected chi connectivity index (χ2v) is 4.24. The summed E-state index contributed by atoms with van der Waals surface area (Å²) in [6.07, 6.45) is 0. The predicted octanol–water partition coefficient (Wildman–Crippen LogP) is 2.60.